The number of halogens is 3. The lowest BCUT2D eigenvalue weighted by Crippen LogP contribution is -2.36. The number of nitrogens with two attached hydrogens (primary N) is 1. The first kappa shape index (κ1) is 24.4. The van der Waals surface area contributed by atoms with Crippen molar-refractivity contribution in [3.8, 4) is 0 Å². The maximum atomic E-state index is 12.5. The molecule has 2 aromatic carbocycles. The van der Waals surface area contributed by atoms with Crippen molar-refractivity contribution < 1.29 is 22.8 Å². The molecule has 1 fully saturated rings. The van der Waals surface area contributed by atoms with Crippen molar-refractivity contribution in [2.75, 3.05) is 42.9 Å². The normalized spacial score (nSPS) is 16.4. The van der Waals surface area contributed by atoms with Crippen molar-refractivity contribution in [3.05, 3.63) is 60.2 Å². The minimum absolute atomic E-state index is 0.0145. The summed E-state index contributed by atoms with van der Waals surface area (Å²) in [5, 5.41) is 5.47. The molecule has 4 N–H and O–H groups in total. The molecule has 1 aliphatic rings. The van der Waals surface area contributed by atoms with Crippen molar-refractivity contribution >= 4 is 23.3 Å². The Morgan fingerprint density at radius 2 is 1.88 bits per heavy atom. The van der Waals surface area contributed by atoms with E-state index in [-0.39, 0.29) is 12.5 Å². The molecule has 0 radical (unpaired) electrons. The van der Waals surface area contributed by atoms with Crippen molar-refractivity contribution in [2.24, 2.45) is 11.7 Å². The first-order chi connectivity index (χ1) is 15.7. The van der Waals surface area contributed by atoms with Gasteiger partial charge in [-0.2, -0.15) is 13.2 Å². The molecule has 2 aromatic rings. The van der Waals surface area contributed by atoms with Gasteiger partial charge in [0, 0.05) is 31.0 Å². The summed E-state index contributed by atoms with van der Waals surface area (Å²) in [6, 6.07) is 16.2. The number of nitrogens with zero attached hydrogens (tertiary/aromatic N) is 2. The molecule has 0 bridgehead atoms. The fraction of sp³-hybridized carbons (Fsp3) is 0.391. The van der Waals surface area contributed by atoms with Crippen LogP contribution in [0.1, 0.15) is 12.0 Å². The van der Waals surface area contributed by atoms with Crippen LogP contribution in [0, 0.1) is 5.92 Å². The van der Waals surface area contributed by atoms with E-state index in [4.69, 9.17) is 5.73 Å². The number of urea groups is 1. The lowest BCUT2D eigenvalue weighted by atomic mass is 10.1. The smallest absolute Gasteiger partial charge is 0.368 e. The van der Waals surface area contributed by atoms with E-state index in [9.17, 15) is 22.8 Å². The number of rotatable bonds is 9. The molecule has 1 heterocycles. The second-order valence-corrected chi connectivity index (χ2v) is 8.20. The fourth-order valence-corrected chi connectivity index (χ4v) is 3.90. The summed E-state index contributed by atoms with van der Waals surface area (Å²) in [6.45, 7) is 0.522. The summed E-state index contributed by atoms with van der Waals surface area (Å²) in [5.41, 5.74) is 7.67. The standard InChI is InChI=1S/C23H28F3N5O2/c24-23(25,26)16-30-10-9-18(13-30)12-28-22(33)29-19-7-4-8-20(11-19)31(15-21(27)32)14-17-5-2-1-3-6-17/h1-8,11,18H,9-10,12-16H2,(H2,27,32)(H2,28,29,33). The van der Waals surface area contributed by atoms with Gasteiger partial charge in [-0.15, -0.1) is 0 Å². The van der Waals surface area contributed by atoms with E-state index in [0.29, 0.717) is 44.0 Å². The third-order valence-corrected chi connectivity index (χ3v) is 5.36. The minimum Gasteiger partial charge on any atom is -0.368 e. The Labute approximate surface area is 190 Å². The van der Waals surface area contributed by atoms with Gasteiger partial charge in [0.25, 0.3) is 0 Å². The van der Waals surface area contributed by atoms with Crippen molar-refractivity contribution in [1.29, 1.82) is 0 Å². The van der Waals surface area contributed by atoms with Crippen LogP contribution in [0.4, 0.5) is 29.3 Å². The van der Waals surface area contributed by atoms with Crippen molar-refractivity contribution in [2.45, 2.75) is 19.1 Å². The van der Waals surface area contributed by atoms with Crippen LogP contribution in [-0.4, -0.2) is 55.7 Å². The fourth-order valence-electron chi connectivity index (χ4n) is 3.90. The van der Waals surface area contributed by atoms with Gasteiger partial charge in [-0.05, 0) is 42.6 Å². The Hall–Kier alpha value is -3.27. The topological polar surface area (TPSA) is 90.7 Å². The second-order valence-electron chi connectivity index (χ2n) is 8.20. The van der Waals surface area contributed by atoms with Crippen LogP contribution in [0.5, 0.6) is 0 Å². The third kappa shape index (κ3) is 8.30. The van der Waals surface area contributed by atoms with Crippen molar-refractivity contribution in [3.63, 3.8) is 0 Å². The zero-order chi connectivity index (χ0) is 23.8. The summed E-state index contributed by atoms with van der Waals surface area (Å²) in [4.78, 5) is 27.1. The van der Waals surface area contributed by atoms with Gasteiger partial charge in [0.15, 0.2) is 0 Å². The van der Waals surface area contributed by atoms with E-state index in [1.54, 1.807) is 18.2 Å². The predicted octanol–water partition coefficient (Wildman–Crippen LogP) is 3.18. The number of amides is 3. The van der Waals surface area contributed by atoms with Crippen LogP contribution in [0.15, 0.2) is 54.6 Å². The van der Waals surface area contributed by atoms with Crippen LogP contribution >= 0.6 is 0 Å². The molecule has 0 saturated carbocycles. The monoisotopic (exact) mass is 463 g/mol. The Kier molecular flexibility index (Phi) is 8.16. The molecule has 0 spiro atoms. The van der Waals surface area contributed by atoms with Gasteiger partial charge < -0.3 is 21.3 Å². The Bertz CT molecular complexity index is 939. The molecule has 0 aromatic heterocycles. The van der Waals surface area contributed by atoms with Crippen LogP contribution in [0.3, 0.4) is 0 Å². The number of carbonyl (C=O) groups excluding carboxylic acids is 2. The van der Waals surface area contributed by atoms with E-state index < -0.39 is 24.7 Å². The molecule has 0 aliphatic carbocycles. The van der Waals surface area contributed by atoms with E-state index in [1.807, 2.05) is 41.3 Å². The average molecular weight is 464 g/mol. The zero-order valence-corrected chi connectivity index (χ0v) is 18.1. The molecule has 3 rings (SSSR count). The van der Waals surface area contributed by atoms with Gasteiger partial charge >= 0.3 is 12.2 Å². The first-order valence-corrected chi connectivity index (χ1v) is 10.7. The lowest BCUT2D eigenvalue weighted by molar-refractivity contribution is -0.143. The molecule has 7 nitrogen and oxygen atoms in total. The van der Waals surface area contributed by atoms with E-state index >= 15 is 0 Å². The van der Waals surface area contributed by atoms with Gasteiger partial charge in [0.1, 0.15) is 0 Å². The number of nitrogens with one attached hydrogen (secondary N) is 2. The molecule has 1 unspecified atom stereocenters. The lowest BCUT2D eigenvalue weighted by Gasteiger charge is -2.24. The highest BCUT2D eigenvalue weighted by Gasteiger charge is 2.34. The van der Waals surface area contributed by atoms with E-state index in [0.717, 1.165) is 5.56 Å². The summed E-state index contributed by atoms with van der Waals surface area (Å²) in [6.07, 6.45) is -3.61. The number of likely N-dealkylation sites (tertiary alicyclic amines) is 1. The molecule has 10 heteroatoms. The van der Waals surface area contributed by atoms with Gasteiger partial charge in [0.2, 0.25) is 5.91 Å². The molecule has 1 aliphatic heterocycles. The van der Waals surface area contributed by atoms with Crippen LogP contribution in [0.2, 0.25) is 0 Å². The number of anilines is 2. The summed E-state index contributed by atoms with van der Waals surface area (Å²) < 4.78 is 37.6. The van der Waals surface area contributed by atoms with E-state index in [1.165, 1.54) is 4.90 Å². The van der Waals surface area contributed by atoms with Crippen molar-refractivity contribution in [1.82, 2.24) is 10.2 Å². The quantitative estimate of drug-likeness (QED) is 0.533. The Morgan fingerprint density at radius 3 is 2.58 bits per heavy atom. The highest BCUT2D eigenvalue weighted by molar-refractivity contribution is 5.90. The summed E-state index contributed by atoms with van der Waals surface area (Å²) in [7, 11) is 0. The molecule has 3 amide bonds. The van der Waals surface area contributed by atoms with Crippen LogP contribution in [0.25, 0.3) is 0 Å². The number of hydrogen-bond acceptors (Lipinski definition) is 4. The van der Waals surface area contributed by atoms with E-state index in [2.05, 4.69) is 10.6 Å². The molecule has 1 saturated heterocycles. The highest BCUT2D eigenvalue weighted by atomic mass is 19.4. The SMILES string of the molecule is NC(=O)CN(Cc1ccccc1)c1cccc(NC(=O)NCC2CCN(CC(F)(F)F)C2)c1. The molecule has 1 atom stereocenters. The third-order valence-electron chi connectivity index (χ3n) is 5.36. The average Bonchev–Trinajstić information content (AvgIpc) is 3.18. The van der Waals surface area contributed by atoms with Crippen LogP contribution < -0.4 is 21.3 Å². The molecular weight excluding hydrogens is 435 g/mol. The number of alkyl halides is 3. The number of carbonyl (C=O) groups is 2. The maximum Gasteiger partial charge on any atom is 0.401 e. The molecule has 178 valence electrons. The highest BCUT2D eigenvalue weighted by Crippen LogP contribution is 2.23. The maximum absolute atomic E-state index is 12.5. The second kappa shape index (κ2) is 11.0. The zero-order valence-electron chi connectivity index (χ0n) is 18.1. The first-order valence-electron chi connectivity index (χ1n) is 10.7. The summed E-state index contributed by atoms with van der Waals surface area (Å²) >= 11 is 0. The van der Waals surface area contributed by atoms with Gasteiger partial charge in [-0.1, -0.05) is 36.4 Å². The molecular formula is C23H28F3N5O2. The van der Waals surface area contributed by atoms with Gasteiger partial charge in [0.05, 0.1) is 13.1 Å². The Morgan fingerprint density at radius 1 is 1.12 bits per heavy atom. The minimum atomic E-state index is -4.21. The molecule has 33 heavy (non-hydrogen) atoms. The Balaban J connectivity index is 1.55. The predicted molar refractivity (Wildman–Crippen MR) is 121 cm³/mol. The van der Waals surface area contributed by atoms with Crippen LogP contribution in [-0.2, 0) is 11.3 Å². The summed E-state index contributed by atoms with van der Waals surface area (Å²) in [5.74, 6) is -0.500. The largest absolute Gasteiger partial charge is 0.401 e. The number of benzene rings is 2. The van der Waals surface area contributed by atoms with Gasteiger partial charge in [-0.3, -0.25) is 9.69 Å². The number of primary amides is 1. The van der Waals surface area contributed by atoms with Gasteiger partial charge in [-0.25, -0.2) is 4.79 Å². The number of hydrogen-bond donors (Lipinski definition) is 3.